The summed E-state index contributed by atoms with van der Waals surface area (Å²) in [7, 11) is 0. The van der Waals surface area contributed by atoms with Crippen molar-refractivity contribution in [3.05, 3.63) is 52.5 Å². The lowest BCUT2D eigenvalue weighted by molar-refractivity contribution is 0.0951. The average molecular weight is 338 g/mol. The quantitative estimate of drug-likeness (QED) is 0.793. The van der Waals surface area contributed by atoms with E-state index in [9.17, 15) is 4.79 Å². The van der Waals surface area contributed by atoms with E-state index in [2.05, 4.69) is 20.2 Å². The molecule has 0 aliphatic carbocycles. The second-order valence-corrected chi connectivity index (χ2v) is 6.92. The molecule has 1 aliphatic rings. The summed E-state index contributed by atoms with van der Waals surface area (Å²) in [5.41, 5.74) is 1.52. The minimum Gasteiger partial charge on any atom is -0.356 e. The van der Waals surface area contributed by atoms with Gasteiger partial charge in [-0.2, -0.15) is 0 Å². The fourth-order valence-electron chi connectivity index (χ4n) is 3.05. The van der Waals surface area contributed by atoms with E-state index in [4.69, 9.17) is 0 Å². The van der Waals surface area contributed by atoms with Crippen LogP contribution in [0.5, 0.6) is 0 Å². The first kappa shape index (κ1) is 15.1. The first-order chi connectivity index (χ1) is 11.8. The summed E-state index contributed by atoms with van der Waals surface area (Å²) in [6, 6.07) is 9.64. The number of nitrogens with zero attached hydrogens (tertiary/aromatic N) is 3. The van der Waals surface area contributed by atoms with Crippen LogP contribution in [0, 0.1) is 0 Å². The molecule has 122 valence electrons. The number of hydrogen-bond donors (Lipinski definition) is 1. The van der Waals surface area contributed by atoms with E-state index in [0.717, 1.165) is 34.7 Å². The van der Waals surface area contributed by atoms with Gasteiger partial charge in [0, 0.05) is 28.9 Å². The molecule has 0 radical (unpaired) electrons. The Morgan fingerprint density at radius 2 is 2.08 bits per heavy atom. The standard InChI is InChI=1S/C18H18N4OS/c23-18(19-11-14-4-3-9-24-14)13-5-6-16-15(10-13)17(21-12-20-16)22-7-1-2-8-22/h3-6,9-10,12H,1-2,7-8,11H2,(H,19,23). The van der Waals surface area contributed by atoms with Gasteiger partial charge in [-0.25, -0.2) is 9.97 Å². The molecule has 1 N–H and O–H groups in total. The van der Waals surface area contributed by atoms with Crippen molar-refractivity contribution < 1.29 is 4.79 Å². The molecule has 1 aromatic carbocycles. The fourth-order valence-corrected chi connectivity index (χ4v) is 3.69. The summed E-state index contributed by atoms with van der Waals surface area (Å²) in [6.07, 6.45) is 3.98. The first-order valence-corrected chi connectivity index (χ1v) is 8.99. The van der Waals surface area contributed by atoms with Crippen LogP contribution in [-0.4, -0.2) is 29.0 Å². The molecular weight excluding hydrogens is 320 g/mol. The molecule has 1 aliphatic heterocycles. The highest BCUT2D eigenvalue weighted by Gasteiger charge is 2.17. The lowest BCUT2D eigenvalue weighted by Crippen LogP contribution is -2.22. The molecule has 3 heterocycles. The summed E-state index contributed by atoms with van der Waals surface area (Å²) < 4.78 is 0. The fraction of sp³-hybridized carbons (Fsp3) is 0.278. The van der Waals surface area contributed by atoms with Crippen LogP contribution in [-0.2, 0) is 6.54 Å². The summed E-state index contributed by atoms with van der Waals surface area (Å²) in [4.78, 5) is 24.7. The van der Waals surface area contributed by atoms with Crippen LogP contribution in [0.3, 0.4) is 0 Å². The first-order valence-electron chi connectivity index (χ1n) is 8.11. The van der Waals surface area contributed by atoms with Gasteiger partial charge in [0.05, 0.1) is 12.1 Å². The van der Waals surface area contributed by atoms with Gasteiger partial charge in [-0.05, 0) is 42.5 Å². The van der Waals surface area contributed by atoms with Crippen molar-refractivity contribution in [3.8, 4) is 0 Å². The highest BCUT2D eigenvalue weighted by atomic mass is 32.1. The van der Waals surface area contributed by atoms with Crippen molar-refractivity contribution in [2.45, 2.75) is 19.4 Å². The molecule has 4 rings (SSSR count). The largest absolute Gasteiger partial charge is 0.356 e. The van der Waals surface area contributed by atoms with E-state index < -0.39 is 0 Å². The third kappa shape index (κ3) is 2.97. The lowest BCUT2D eigenvalue weighted by Gasteiger charge is -2.18. The second kappa shape index (κ2) is 6.57. The van der Waals surface area contributed by atoms with Crippen LogP contribution in [0.25, 0.3) is 10.9 Å². The molecule has 24 heavy (non-hydrogen) atoms. The van der Waals surface area contributed by atoms with Crippen molar-refractivity contribution in [1.29, 1.82) is 0 Å². The van der Waals surface area contributed by atoms with Crippen LogP contribution in [0.2, 0.25) is 0 Å². The van der Waals surface area contributed by atoms with Crippen LogP contribution in [0.1, 0.15) is 28.1 Å². The molecular formula is C18H18N4OS. The minimum absolute atomic E-state index is 0.0680. The number of rotatable bonds is 4. The van der Waals surface area contributed by atoms with Gasteiger partial charge >= 0.3 is 0 Å². The van der Waals surface area contributed by atoms with E-state index in [1.165, 1.54) is 12.8 Å². The van der Waals surface area contributed by atoms with Gasteiger partial charge < -0.3 is 10.2 Å². The highest BCUT2D eigenvalue weighted by Crippen LogP contribution is 2.26. The van der Waals surface area contributed by atoms with E-state index in [1.54, 1.807) is 17.7 Å². The Kier molecular flexibility index (Phi) is 4.13. The SMILES string of the molecule is O=C(NCc1cccs1)c1ccc2ncnc(N3CCCC3)c2c1. The maximum atomic E-state index is 12.5. The summed E-state index contributed by atoms with van der Waals surface area (Å²) in [6.45, 7) is 2.58. The molecule has 5 nitrogen and oxygen atoms in total. The number of thiophene rings is 1. The molecule has 0 bridgehead atoms. The smallest absolute Gasteiger partial charge is 0.251 e. The summed E-state index contributed by atoms with van der Waals surface area (Å²) in [5, 5.41) is 5.93. The summed E-state index contributed by atoms with van der Waals surface area (Å²) in [5.74, 6) is 0.868. The molecule has 0 unspecified atom stereocenters. The molecule has 1 saturated heterocycles. The number of carbonyl (C=O) groups is 1. The number of carbonyl (C=O) groups excluding carboxylic acids is 1. The molecule has 6 heteroatoms. The van der Waals surface area contributed by atoms with Gasteiger partial charge in [-0.15, -0.1) is 11.3 Å². The van der Waals surface area contributed by atoms with Gasteiger partial charge in [0.1, 0.15) is 12.1 Å². The minimum atomic E-state index is -0.0680. The Labute approximate surface area is 144 Å². The highest BCUT2D eigenvalue weighted by molar-refractivity contribution is 7.09. The van der Waals surface area contributed by atoms with Gasteiger partial charge in [-0.1, -0.05) is 6.07 Å². The number of fused-ring (bicyclic) bond motifs is 1. The topological polar surface area (TPSA) is 58.1 Å². The van der Waals surface area contributed by atoms with E-state index in [1.807, 2.05) is 35.7 Å². The maximum absolute atomic E-state index is 12.5. The molecule has 0 spiro atoms. The van der Waals surface area contributed by atoms with Crippen molar-refractivity contribution >= 4 is 34.0 Å². The predicted octanol–water partition coefficient (Wildman–Crippen LogP) is 3.22. The number of nitrogens with one attached hydrogen (secondary N) is 1. The number of anilines is 1. The van der Waals surface area contributed by atoms with Crippen LogP contribution < -0.4 is 10.2 Å². The van der Waals surface area contributed by atoms with Crippen LogP contribution in [0.4, 0.5) is 5.82 Å². The third-order valence-electron chi connectivity index (χ3n) is 4.29. The Balaban J connectivity index is 1.61. The summed E-state index contributed by atoms with van der Waals surface area (Å²) >= 11 is 1.64. The number of aromatic nitrogens is 2. The van der Waals surface area contributed by atoms with E-state index in [0.29, 0.717) is 12.1 Å². The molecule has 1 fully saturated rings. The van der Waals surface area contributed by atoms with Gasteiger partial charge in [0.2, 0.25) is 0 Å². The van der Waals surface area contributed by atoms with Crippen LogP contribution in [0.15, 0.2) is 42.0 Å². The normalized spacial score (nSPS) is 14.2. The number of hydrogen-bond acceptors (Lipinski definition) is 5. The average Bonchev–Trinajstić information content (AvgIpc) is 3.32. The zero-order valence-electron chi connectivity index (χ0n) is 13.2. The Hall–Kier alpha value is -2.47. The van der Waals surface area contributed by atoms with Gasteiger partial charge in [-0.3, -0.25) is 4.79 Å². The van der Waals surface area contributed by atoms with Crippen LogP contribution >= 0.6 is 11.3 Å². The Morgan fingerprint density at radius 3 is 2.88 bits per heavy atom. The van der Waals surface area contributed by atoms with Crippen molar-refractivity contribution in [1.82, 2.24) is 15.3 Å². The maximum Gasteiger partial charge on any atom is 0.251 e. The van der Waals surface area contributed by atoms with Crippen molar-refractivity contribution in [2.75, 3.05) is 18.0 Å². The van der Waals surface area contributed by atoms with Gasteiger partial charge in [0.15, 0.2) is 0 Å². The molecule has 0 saturated carbocycles. The monoisotopic (exact) mass is 338 g/mol. The van der Waals surface area contributed by atoms with Crippen molar-refractivity contribution in [2.24, 2.45) is 0 Å². The van der Waals surface area contributed by atoms with E-state index in [-0.39, 0.29) is 5.91 Å². The van der Waals surface area contributed by atoms with Gasteiger partial charge in [0.25, 0.3) is 5.91 Å². The van der Waals surface area contributed by atoms with Crippen molar-refractivity contribution in [3.63, 3.8) is 0 Å². The lowest BCUT2D eigenvalue weighted by atomic mass is 10.1. The molecule has 0 atom stereocenters. The third-order valence-corrected chi connectivity index (χ3v) is 5.16. The number of benzene rings is 1. The Morgan fingerprint density at radius 1 is 1.21 bits per heavy atom. The Bertz CT molecular complexity index is 857. The molecule has 2 aromatic heterocycles. The zero-order valence-corrected chi connectivity index (χ0v) is 14.1. The molecule has 1 amide bonds. The van der Waals surface area contributed by atoms with E-state index >= 15 is 0 Å². The second-order valence-electron chi connectivity index (χ2n) is 5.89. The molecule has 3 aromatic rings. The number of amides is 1. The predicted molar refractivity (Wildman–Crippen MR) is 96.5 cm³/mol. The zero-order chi connectivity index (χ0) is 16.4.